The van der Waals surface area contributed by atoms with Gasteiger partial charge in [0.15, 0.2) is 11.6 Å². The van der Waals surface area contributed by atoms with Gasteiger partial charge in [-0.05, 0) is 131 Å². The summed E-state index contributed by atoms with van der Waals surface area (Å²) in [5.74, 6) is 3.06. The maximum absolute atomic E-state index is 14.7. The van der Waals surface area contributed by atoms with Gasteiger partial charge in [-0.25, -0.2) is 4.39 Å². The van der Waals surface area contributed by atoms with E-state index >= 15 is 0 Å². The average Bonchev–Trinajstić information content (AvgIpc) is 2.95. The van der Waals surface area contributed by atoms with Crippen LogP contribution in [0.4, 0.5) is 8.78 Å². The first-order chi connectivity index (χ1) is 18.6. The summed E-state index contributed by atoms with van der Waals surface area (Å²) in [5.41, 5.74) is 0.557. The van der Waals surface area contributed by atoms with Crippen molar-refractivity contribution < 1.29 is 13.5 Å². The van der Waals surface area contributed by atoms with Crippen LogP contribution >= 0.6 is 0 Å². The molecular weight excluding hydrogens is 474 g/mol. The minimum absolute atomic E-state index is 0.0370. The van der Waals surface area contributed by atoms with Gasteiger partial charge >= 0.3 is 0 Å². The molecule has 3 fully saturated rings. The van der Waals surface area contributed by atoms with Crippen LogP contribution in [0.3, 0.4) is 0 Å². The molecule has 3 saturated carbocycles. The predicted molar refractivity (Wildman–Crippen MR) is 156 cm³/mol. The van der Waals surface area contributed by atoms with Crippen LogP contribution in [-0.4, -0.2) is 6.61 Å². The van der Waals surface area contributed by atoms with Gasteiger partial charge in [-0.2, -0.15) is 4.39 Å². The van der Waals surface area contributed by atoms with Crippen LogP contribution in [0.5, 0.6) is 5.75 Å². The maximum atomic E-state index is 14.7. The second kappa shape index (κ2) is 15.4. The molecular formula is C35H54F2O. The Morgan fingerprint density at radius 1 is 0.737 bits per heavy atom. The van der Waals surface area contributed by atoms with Gasteiger partial charge in [-0.1, -0.05) is 63.7 Å². The molecule has 1 aromatic rings. The predicted octanol–water partition coefficient (Wildman–Crippen LogP) is 11.2. The van der Waals surface area contributed by atoms with Crippen LogP contribution in [-0.2, 0) is 0 Å². The monoisotopic (exact) mass is 528 g/mol. The number of ether oxygens (including phenoxy) is 1. The largest absolute Gasteiger partial charge is 0.491 e. The van der Waals surface area contributed by atoms with Crippen LogP contribution in [0.25, 0.3) is 0 Å². The van der Waals surface area contributed by atoms with E-state index in [1.54, 1.807) is 19.1 Å². The fourth-order valence-corrected chi connectivity index (χ4v) is 7.95. The van der Waals surface area contributed by atoms with Crippen molar-refractivity contribution >= 4 is 0 Å². The molecule has 0 saturated heterocycles. The van der Waals surface area contributed by atoms with Crippen LogP contribution in [0.2, 0.25) is 0 Å². The summed E-state index contributed by atoms with van der Waals surface area (Å²) in [6, 6.07) is 3.37. The molecule has 0 heterocycles. The highest BCUT2D eigenvalue weighted by Crippen LogP contribution is 2.45. The van der Waals surface area contributed by atoms with E-state index in [1.807, 2.05) is 0 Å². The molecule has 1 aromatic carbocycles. The second-order valence-electron chi connectivity index (χ2n) is 12.9. The highest BCUT2D eigenvalue weighted by atomic mass is 19.2. The third-order valence-corrected chi connectivity index (χ3v) is 10.4. The highest BCUT2D eigenvalue weighted by molar-refractivity contribution is 5.33. The van der Waals surface area contributed by atoms with Crippen LogP contribution in [0.15, 0.2) is 24.3 Å². The Morgan fingerprint density at radius 2 is 1.37 bits per heavy atom. The number of unbranched alkanes of at least 4 members (excludes halogenated alkanes) is 2. The summed E-state index contributed by atoms with van der Waals surface area (Å²) < 4.78 is 34.3. The molecule has 3 heteroatoms. The Balaban J connectivity index is 1.11. The fourth-order valence-electron chi connectivity index (χ4n) is 7.95. The quantitative estimate of drug-likeness (QED) is 0.194. The normalized spacial score (nSPS) is 30.5. The summed E-state index contributed by atoms with van der Waals surface area (Å²) in [4.78, 5) is 0. The SMILES string of the molecule is CCCCCC1CCC(/C=C/CCC2CCC(C3CCC(c4ccc(OCC)c(F)c4F)CC3)CC2)CC1. The Labute approximate surface area is 232 Å². The minimum atomic E-state index is -0.815. The third-order valence-electron chi connectivity index (χ3n) is 10.4. The van der Waals surface area contributed by atoms with Gasteiger partial charge in [0.2, 0.25) is 5.82 Å². The van der Waals surface area contributed by atoms with E-state index < -0.39 is 11.6 Å². The molecule has 3 aliphatic rings. The lowest BCUT2D eigenvalue weighted by Gasteiger charge is -2.38. The number of halogens is 2. The van der Waals surface area contributed by atoms with Crippen molar-refractivity contribution in [3.8, 4) is 5.75 Å². The van der Waals surface area contributed by atoms with E-state index in [1.165, 1.54) is 89.9 Å². The first kappa shape index (κ1) is 29.6. The van der Waals surface area contributed by atoms with Crippen molar-refractivity contribution in [2.24, 2.45) is 29.6 Å². The zero-order valence-electron chi connectivity index (χ0n) is 24.4. The Kier molecular flexibility index (Phi) is 12.0. The fraction of sp³-hybridized carbons (Fsp3) is 0.771. The van der Waals surface area contributed by atoms with E-state index in [2.05, 4.69) is 19.1 Å². The number of rotatable bonds is 12. The molecule has 1 nitrogen and oxygen atoms in total. The lowest BCUT2D eigenvalue weighted by atomic mass is 9.68. The molecule has 0 aliphatic heterocycles. The number of hydrogen-bond donors (Lipinski definition) is 0. The van der Waals surface area contributed by atoms with Gasteiger partial charge in [-0.3, -0.25) is 0 Å². The second-order valence-corrected chi connectivity index (χ2v) is 12.9. The van der Waals surface area contributed by atoms with E-state index in [9.17, 15) is 8.78 Å². The van der Waals surface area contributed by atoms with Crippen molar-refractivity contribution in [3.63, 3.8) is 0 Å². The molecule has 38 heavy (non-hydrogen) atoms. The molecule has 4 rings (SSSR count). The molecule has 0 aromatic heterocycles. The summed E-state index contributed by atoms with van der Waals surface area (Å²) >= 11 is 0. The molecule has 0 N–H and O–H groups in total. The minimum Gasteiger partial charge on any atom is -0.491 e. The summed E-state index contributed by atoms with van der Waals surface area (Å²) in [5, 5.41) is 0. The van der Waals surface area contributed by atoms with Crippen molar-refractivity contribution in [2.45, 2.75) is 135 Å². The lowest BCUT2D eigenvalue weighted by Crippen LogP contribution is -2.25. The lowest BCUT2D eigenvalue weighted by molar-refractivity contribution is 0.156. The average molecular weight is 529 g/mol. The van der Waals surface area contributed by atoms with Gasteiger partial charge in [-0.15, -0.1) is 0 Å². The van der Waals surface area contributed by atoms with Crippen molar-refractivity contribution in [1.82, 2.24) is 0 Å². The van der Waals surface area contributed by atoms with Gasteiger partial charge < -0.3 is 4.74 Å². The Bertz CT molecular complexity index is 840. The standard InChI is InChI=1S/C35H54F2O/c1-3-5-6-9-26-12-14-27(15-13-26)10-7-8-11-28-16-18-29(19-17-28)30-20-22-31(23-21-30)32-24-25-33(38-4-2)35(37)34(32)36/h7,10,24-31H,3-6,8-9,11-23H2,1-2H3/b10-7+. The number of allylic oxidation sites excluding steroid dienone is 2. The molecule has 0 atom stereocenters. The first-order valence-electron chi connectivity index (χ1n) is 16.4. The van der Waals surface area contributed by atoms with E-state index in [4.69, 9.17) is 4.74 Å². The first-order valence-corrected chi connectivity index (χ1v) is 16.4. The van der Waals surface area contributed by atoms with Crippen LogP contribution in [0.1, 0.15) is 141 Å². The summed E-state index contributed by atoms with van der Waals surface area (Å²) in [6.07, 6.45) is 28.9. The van der Waals surface area contributed by atoms with Crippen LogP contribution < -0.4 is 4.74 Å². The molecule has 0 bridgehead atoms. The maximum Gasteiger partial charge on any atom is 0.200 e. The Morgan fingerprint density at radius 3 is 2.03 bits per heavy atom. The van der Waals surface area contributed by atoms with Gasteiger partial charge in [0, 0.05) is 0 Å². The third kappa shape index (κ3) is 8.31. The molecule has 0 radical (unpaired) electrons. The Hall–Kier alpha value is -1.38. The van der Waals surface area contributed by atoms with Gasteiger partial charge in [0.1, 0.15) is 0 Å². The van der Waals surface area contributed by atoms with Gasteiger partial charge in [0.25, 0.3) is 0 Å². The van der Waals surface area contributed by atoms with Gasteiger partial charge in [0.05, 0.1) is 6.61 Å². The van der Waals surface area contributed by atoms with Crippen molar-refractivity contribution in [3.05, 3.63) is 41.5 Å². The highest BCUT2D eigenvalue weighted by Gasteiger charge is 2.32. The van der Waals surface area contributed by atoms with E-state index in [0.29, 0.717) is 12.2 Å². The molecule has 0 spiro atoms. The van der Waals surface area contributed by atoms with Crippen molar-refractivity contribution in [2.75, 3.05) is 6.61 Å². The smallest absolute Gasteiger partial charge is 0.200 e. The topological polar surface area (TPSA) is 9.23 Å². The molecule has 3 aliphatic carbocycles. The zero-order valence-corrected chi connectivity index (χ0v) is 24.4. The van der Waals surface area contributed by atoms with E-state index in [0.717, 1.165) is 55.3 Å². The molecule has 214 valence electrons. The number of benzene rings is 1. The van der Waals surface area contributed by atoms with E-state index in [-0.39, 0.29) is 11.7 Å². The zero-order chi connectivity index (χ0) is 26.7. The van der Waals surface area contributed by atoms with Crippen LogP contribution in [0, 0.1) is 41.2 Å². The summed E-state index contributed by atoms with van der Waals surface area (Å²) in [6.45, 7) is 4.44. The van der Waals surface area contributed by atoms with Crippen molar-refractivity contribution in [1.29, 1.82) is 0 Å². The molecule has 0 amide bonds. The number of hydrogen-bond acceptors (Lipinski definition) is 1. The molecule has 0 unspecified atom stereocenters. The summed E-state index contributed by atoms with van der Waals surface area (Å²) in [7, 11) is 0.